The number of amides is 2. The summed E-state index contributed by atoms with van der Waals surface area (Å²) < 4.78 is 46.2. The normalized spacial score (nSPS) is 13.9. The van der Waals surface area contributed by atoms with Crippen molar-refractivity contribution in [2.45, 2.75) is 39.0 Å². The number of hydrogen-bond donors (Lipinski definition) is 2. The summed E-state index contributed by atoms with van der Waals surface area (Å²) in [6.07, 6.45) is -2.72. The van der Waals surface area contributed by atoms with Crippen LogP contribution < -0.4 is 20.7 Å². The number of aryl methyl sites for hydroxylation is 1. The predicted octanol–water partition coefficient (Wildman–Crippen LogP) is 2.32. The van der Waals surface area contributed by atoms with Gasteiger partial charge in [-0.3, -0.25) is 0 Å². The average Bonchev–Trinajstić information content (AvgIpc) is 3.33. The minimum absolute atomic E-state index is 0.0767. The van der Waals surface area contributed by atoms with Gasteiger partial charge >= 0.3 is 18.2 Å². The summed E-state index contributed by atoms with van der Waals surface area (Å²) in [4.78, 5) is 23.5. The number of urea groups is 1. The van der Waals surface area contributed by atoms with E-state index < -0.39 is 18.0 Å². The molecule has 1 aliphatic heterocycles. The van der Waals surface area contributed by atoms with Crippen LogP contribution in [0.1, 0.15) is 29.9 Å². The third-order valence-corrected chi connectivity index (χ3v) is 5.93. The predicted molar refractivity (Wildman–Crippen MR) is 111 cm³/mol. The SMILES string of the molecule is CCCc1cc2c(N3CCn4c(nnc4C(F)(F)F)C3)nc(OCCNC(N)=O)nc2s1. The molecule has 10 nitrogen and oxygen atoms in total. The number of carbonyl (C=O) groups excluding carboxylic acids is 1. The molecule has 0 saturated carbocycles. The van der Waals surface area contributed by atoms with Gasteiger partial charge in [-0.25, -0.2) is 4.79 Å². The van der Waals surface area contributed by atoms with Crippen molar-refractivity contribution >= 4 is 33.4 Å². The van der Waals surface area contributed by atoms with Crippen LogP contribution in [0.5, 0.6) is 6.01 Å². The molecule has 0 radical (unpaired) electrons. The molecule has 0 saturated heterocycles. The molecule has 14 heteroatoms. The van der Waals surface area contributed by atoms with Gasteiger partial charge in [-0.05, 0) is 12.5 Å². The van der Waals surface area contributed by atoms with Gasteiger partial charge in [0.25, 0.3) is 0 Å². The van der Waals surface area contributed by atoms with E-state index in [9.17, 15) is 18.0 Å². The topological polar surface area (TPSA) is 124 Å². The second-order valence-corrected chi connectivity index (χ2v) is 8.28. The highest BCUT2D eigenvalue weighted by molar-refractivity contribution is 7.18. The number of nitrogens with one attached hydrogen (secondary N) is 1. The van der Waals surface area contributed by atoms with Gasteiger partial charge in [-0.1, -0.05) is 13.3 Å². The Labute approximate surface area is 184 Å². The Balaban J connectivity index is 1.64. The second kappa shape index (κ2) is 8.76. The summed E-state index contributed by atoms with van der Waals surface area (Å²) in [5.41, 5.74) is 5.04. The van der Waals surface area contributed by atoms with Crippen LogP contribution >= 0.6 is 11.3 Å². The van der Waals surface area contributed by atoms with Gasteiger partial charge in [0.1, 0.15) is 17.3 Å². The Bertz CT molecular complexity index is 1130. The molecule has 1 aliphatic rings. The molecule has 0 aliphatic carbocycles. The highest BCUT2D eigenvalue weighted by Gasteiger charge is 2.39. The summed E-state index contributed by atoms with van der Waals surface area (Å²) >= 11 is 1.52. The lowest BCUT2D eigenvalue weighted by Crippen LogP contribution is -2.36. The van der Waals surface area contributed by atoms with Gasteiger partial charge in [0, 0.05) is 18.0 Å². The number of anilines is 1. The molecule has 0 fully saturated rings. The average molecular weight is 470 g/mol. The molecule has 3 aromatic heterocycles. The fraction of sp³-hybridized carbons (Fsp3) is 0.500. The molecule has 2 amide bonds. The Morgan fingerprint density at radius 1 is 1.31 bits per heavy atom. The molecule has 0 aromatic carbocycles. The van der Waals surface area contributed by atoms with Crippen molar-refractivity contribution < 1.29 is 22.7 Å². The Kier molecular flexibility index (Phi) is 6.04. The van der Waals surface area contributed by atoms with Gasteiger partial charge in [0.05, 0.1) is 18.5 Å². The van der Waals surface area contributed by atoms with Gasteiger partial charge in [-0.15, -0.1) is 21.5 Å². The quantitative estimate of drug-likeness (QED) is 0.508. The molecule has 3 aromatic rings. The number of primary amides is 1. The lowest BCUT2D eigenvalue weighted by atomic mass is 10.2. The van der Waals surface area contributed by atoms with E-state index in [4.69, 9.17) is 10.5 Å². The Hall–Kier alpha value is -3.16. The number of aromatic nitrogens is 5. The molecule has 0 unspecified atom stereocenters. The first-order chi connectivity index (χ1) is 15.3. The third-order valence-electron chi connectivity index (χ3n) is 4.84. The maximum absolute atomic E-state index is 13.2. The van der Waals surface area contributed by atoms with Crippen LogP contribution in [0, 0.1) is 0 Å². The molecule has 0 spiro atoms. The number of thiophene rings is 1. The molecule has 4 heterocycles. The van der Waals surface area contributed by atoms with Crippen LogP contribution in [0.15, 0.2) is 6.07 Å². The van der Waals surface area contributed by atoms with E-state index in [2.05, 4.69) is 32.4 Å². The summed E-state index contributed by atoms with van der Waals surface area (Å²) in [5.74, 6) is -0.214. The lowest BCUT2D eigenvalue weighted by molar-refractivity contribution is -0.147. The summed E-state index contributed by atoms with van der Waals surface area (Å²) in [5, 5.41) is 10.3. The molecular weight excluding hydrogens is 449 g/mol. The zero-order valence-corrected chi connectivity index (χ0v) is 18.0. The molecule has 0 atom stereocenters. The van der Waals surface area contributed by atoms with Gasteiger partial charge < -0.3 is 25.3 Å². The van der Waals surface area contributed by atoms with E-state index in [1.165, 1.54) is 11.3 Å². The van der Waals surface area contributed by atoms with E-state index in [0.29, 0.717) is 12.4 Å². The molecular formula is C18H21F3N8O2S. The number of hydrogen-bond acceptors (Lipinski definition) is 8. The fourth-order valence-corrected chi connectivity index (χ4v) is 4.59. The monoisotopic (exact) mass is 470 g/mol. The number of nitrogens with zero attached hydrogens (tertiary/aromatic N) is 6. The number of nitrogens with two attached hydrogens (primary N) is 1. The molecule has 3 N–H and O–H groups in total. The summed E-state index contributed by atoms with van der Waals surface area (Å²) in [6.45, 7) is 2.87. The number of carbonyl (C=O) groups is 1. The first-order valence-corrected chi connectivity index (χ1v) is 10.8. The van der Waals surface area contributed by atoms with Gasteiger partial charge in [0.2, 0.25) is 5.82 Å². The number of halogens is 3. The van der Waals surface area contributed by atoms with Gasteiger partial charge in [0.15, 0.2) is 5.82 Å². The van der Waals surface area contributed by atoms with E-state index in [-0.39, 0.29) is 38.1 Å². The van der Waals surface area contributed by atoms with E-state index in [0.717, 1.165) is 32.5 Å². The Morgan fingerprint density at radius 3 is 2.84 bits per heavy atom. The van der Waals surface area contributed by atoms with Crippen molar-refractivity contribution in [1.82, 2.24) is 30.0 Å². The van der Waals surface area contributed by atoms with E-state index in [1.54, 1.807) is 0 Å². The fourth-order valence-electron chi connectivity index (χ4n) is 3.48. The highest BCUT2D eigenvalue weighted by Crippen LogP contribution is 2.35. The van der Waals surface area contributed by atoms with Crippen molar-refractivity contribution in [3.05, 3.63) is 22.6 Å². The third kappa shape index (κ3) is 4.54. The van der Waals surface area contributed by atoms with Crippen molar-refractivity contribution in [3.63, 3.8) is 0 Å². The zero-order valence-electron chi connectivity index (χ0n) is 17.1. The maximum Gasteiger partial charge on any atom is 0.451 e. The van der Waals surface area contributed by atoms with Crippen molar-refractivity contribution in [2.24, 2.45) is 5.73 Å². The first kappa shape index (κ1) is 22.0. The highest BCUT2D eigenvalue weighted by atomic mass is 32.1. The van der Waals surface area contributed by atoms with Crippen LogP contribution in [-0.2, 0) is 25.7 Å². The first-order valence-electron chi connectivity index (χ1n) is 9.97. The van der Waals surface area contributed by atoms with Crippen LogP contribution in [0.4, 0.5) is 23.8 Å². The van der Waals surface area contributed by atoms with Crippen molar-refractivity contribution in [1.29, 1.82) is 0 Å². The zero-order chi connectivity index (χ0) is 22.9. The molecule has 4 rings (SSSR count). The number of fused-ring (bicyclic) bond motifs is 2. The summed E-state index contributed by atoms with van der Waals surface area (Å²) in [6, 6.07) is 1.47. The van der Waals surface area contributed by atoms with Crippen LogP contribution in [0.3, 0.4) is 0 Å². The smallest absolute Gasteiger partial charge is 0.451 e. The van der Waals surface area contributed by atoms with E-state index >= 15 is 0 Å². The summed E-state index contributed by atoms with van der Waals surface area (Å²) in [7, 11) is 0. The van der Waals surface area contributed by atoms with Gasteiger partial charge in [-0.2, -0.15) is 23.1 Å². The number of ether oxygens (including phenoxy) is 1. The molecule has 172 valence electrons. The minimum atomic E-state index is -4.56. The number of rotatable bonds is 7. The van der Waals surface area contributed by atoms with Crippen molar-refractivity contribution in [2.75, 3.05) is 24.6 Å². The van der Waals surface area contributed by atoms with Crippen LogP contribution in [0.25, 0.3) is 10.2 Å². The second-order valence-electron chi connectivity index (χ2n) is 7.16. The van der Waals surface area contributed by atoms with Crippen molar-refractivity contribution in [3.8, 4) is 6.01 Å². The maximum atomic E-state index is 13.2. The van der Waals surface area contributed by atoms with Crippen LogP contribution in [0.2, 0.25) is 0 Å². The lowest BCUT2D eigenvalue weighted by Gasteiger charge is -2.29. The standard InChI is InChI=1S/C18H21F3N8O2S/c1-2-3-10-8-11-13(24-17(25-14(11)32-10)31-7-4-23-16(22)30)28-5-6-29-12(9-28)26-27-15(29)18(19,20)21/h8H,2-7,9H2,1H3,(H3,22,23,30). The Morgan fingerprint density at radius 2 is 2.12 bits per heavy atom. The number of alkyl halides is 3. The minimum Gasteiger partial charge on any atom is -0.462 e. The van der Waals surface area contributed by atoms with Crippen LogP contribution in [-0.4, -0.2) is 50.5 Å². The molecule has 0 bridgehead atoms. The largest absolute Gasteiger partial charge is 0.462 e. The van der Waals surface area contributed by atoms with E-state index in [1.807, 2.05) is 11.0 Å². The molecule has 32 heavy (non-hydrogen) atoms.